The van der Waals surface area contributed by atoms with E-state index in [0.717, 1.165) is 0 Å². The van der Waals surface area contributed by atoms with Gasteiger partial charge in [0.15, 0.2) is 0 Å². The van der Waals surface area contributed by atoms with Crippen LogP contribution in [0.4, 0.5) is 0 Å². The fourth-order valence-electron chi connectivity index (χ4n) is 18.6. The molecule has 0 bridgehead atoms. The van der Waals surface area contributed by atoms with E-state index in [1.807, 2.05) is 0 Å². The van der Waals surface area contributed by atoms with Crippen molar-refractivity contribution in [2.75, 3.05) is 0 Å². The molecule has 25 aromatic rings. The van der Waals surface area contributed by atoms with Crippen molar-refractivity contribution in [1.29, 1.82) is 0 Å². The van der Waals surface area contributed by atoms with Crippen LogP contribution in [0.2, 0.25) is 0 Å². The van der Waals surface area contributed by atoms with E-state index in [1.54, 1.807) is 0 Å². The maximum Gasteiger partial charge on any atom is 1.00 e. The van der Waals surface area contributed by atoms with Crippen molar-refractivity contribution in [2.45, 2.75) is 0 Å². The molecular formula is C70H23NaO. The summed E-state index contributed by atoms with van der Waals surface area (Å²) in [6, 6.07) is 54.7. The predicted octanol–water partition coefficient (Wildman–Crippen LogP) is 17.2. The molecule has 1 nitrogen and oxygen atoms in total. The van der Waals surface area contributed by atoms with Crippen LogP contribution in [-0.2, 0) is 0 Å². The molecule has 0 aliphatic carbocycles. The Kier molecular flexibility index (Phi) is 4.59. The number of rotatable bonds is 0. The van der Waals surface area contributed by atoms with E-state index in [4.69, 9.17) is 0 Å². The average molecular weight is 903 g/mol. The van der Waals surface area contributed by atoms with Gasteiger partial charge < -0.3 is 5.48 Å². The zero-order valence-corrected chi connectivity index (χ0v) is 40.1. The van der Waals surface area contributed by atoms with Gasteiger partial charge >= 0.3 is 29.6 Å². The molecule has 2 heteroatoms. The second-order valence-electron chi connectivity index (χ2n) is 22.7. The Bertz CT molecular complexity index is 5930. The van der Waals surface area contributed by atoms with Crippen molar-refractivity contribution in [2.24, 2.45) is 0 Å². The van der Waals surface area contributed by atoms with Crippen LogP contribution in [0.1, 0.15) is 0 Å². The molecule has 0 atom stereocenters. The topological polar surface area (TPSA) is 30.0 Å². The molecule has 1 N–H and O–H groups in total. The summed E-state index contributed by atoms with van der Waals surface area (Å²) in [7, 11) is 0. The van der Waals surface area contributed by atoms with Crippen molar-refractivity contribution in [3.05, 3.63) is 133 Å². The standard InChI is InChI=1S/C70H22.Na.H2O/c1-3-23-11-31-19-35-15-27-7-9-29-17-37-21-33-13-25-5-2-6-26-14-34-22-38-18-30-10-8-28-16-36-20-32-12-24(4-1)39(23)53-45(31)59-49(35)55-41(27)43(29)57-51(37)61-47(33)54(40(25)26)48(34)62-52(38)58-44(30)42(28)56-50(36)60(46(32)53)63(59)69-65(55)67(57)70(64(61)62)68(58)66(56)69;;/h1-22H;;1H2/q;+1;/p-1. The Labute approximate surface area is 423 Å². The molecule has 0 unspecified atom stereocenters. The average Bonchev–Trinajstić information content (AvgIpc) is 3.38. The maximum absolute atomic E-state index is 2.58. The molecule has 0 radical (unpaired) electrons. The molecule has 0 saturated carbocycles. The van der Waals surface area contributed by atoms with Gasteiger partial charge in [-0.1, -0.05) is 60.7 Å². The second-order valence-corrected chi connectivity index (χ2v) is 22.7. The van der Waals surface area contributed by atoms with Crippen LogP contribution in [0.3, 0.4) is 0 Å². The summed E-state index contributed by atoms with van der Waals surface area (Å²) in [6.45, 7) is 0. The molecule has 0 heterocycles. The van der Waals surface area contributed by atoms with Crippen LogP contribution < -0.4 is 29.6 Å². The summed E-state index contributed by atoms with van der Waals surface area (Å²) >= 11 is 0. The van der Waals surface area contributed by atoms with E-state index in [9.17, 15) is 0 Å². The zero-order valence-electron chi connectivity index (χ0n) is 38.1. The Hall–Kier alpha value is -8.14. The molecule has 25 rings (SSSR count). The van der Waals surface area contributed by atoms with E-state index < -0.39 is 0 Å². The first kappa shape index (κ1) is 34.2. The fraction of sp³-hybridized carbons (Fsp3) is 0. The van der Waals surface area contributed by atoms with Gasteiger partial charge in [-0.3, -0.25) is 0 Å². The summed E-state index contributed by atoms with van der Waals surface area (Å²) in [5.41, 5.74) is 0. The first-order chi connectivity index (χ1) is 34.7. The van der Waals surface area contributed by atoms with Crippen LogP contribution in [0, 0.1) is 0 Å². The van der Waals surface area contributed by atoms with Gasteiger partial charge in [0.2, 0.25) is 0 Å². The Morgan fingerprint density at radius 3 is 0.444 bits per heavy atom. The van der Waals surface area contributed by atoms with Crippen LogP contribution in [0.15, 0.2) is 133 Å². The van der Waals surface area contributed by atoms with E-state index >= 15 is 0 Å². The van der Waals surface area contributed by atoms with E-state index in [1.165, 1.54) is 259 Å². The number of hydrogen-bond donors (Lipinski definition) is 0. The molecule has 0 saturated heterocycles. The predicted molar refractivity (Wildman–Crippen MR) is 307 cm³/mol. The van der Waals surface area contributed by atoms with Crippen LogP contribution in [0.25, 0.3) is 259 Å². The summed E-state index contributed by atoms with van der Waals surface area (Å²) < 4.78 is 0. The first-order valence-corrected chi connectivity index (χ1v) is 25.2. The zero-order chi connectivity index (χ0) is 43.3. The van der Waals surface area contributed by atoms with Gasteiger partial charge in [-0.05, 0) is 331 Å². The Morgan fingerprint density at radius 2 is 0.250 bits per heavy atom. The first-order valence-electron chi connectivity index (χ1n) is 25.2. The fourth-order valence-corrected chi connectivity index (χ4v) is 18.6. The maximum atomic E-state index is 2.58. The van der Waals surface area contributed by atoms with Crippen molar-refractivity contribution in [3.8, 4) is 0 Å². The Morgan fingerprint density at radius 1 is 0.125 bits per heavy atom. The van der Waals surface area contributed by atoms with Gasteiger partial charge in [0, 0.05) is 0 Å². The summed E-state index contributed by atoms with van der Waals surface area (Å²) in [6.07, 6.45) is 0. The van der Waals surface area contributed by atoms with Crippen molar-refractivity contribution >= 4 is 259 Å². The molecule has 0 spiro atoms. The normalized spacial score (nSPS) is 14.4. The molecule has 0 aromatic heterocycles. The molecule has 72 heavy (non-hydrogen) atoms. The third-order valence-corrected chi connectivity index (χ3v) is 20.3. The van der Waals surface area contributed by atoms with Crippen LogP contribution in [-0.4, -0.2) is 5.48 Å². The third kappa shape index (κ3) is 2.80. The van der Waals surface area contributed by atoms with Crippen LogP contribution in [0.5, 0.6) is 0 Å². The second kappa shape index (κ2) is 9.65. The minimum atomic E-state index is 0. The molecule has 25 aromatic carbocycles. The van der Waals surface area contributed by atoms with Crippen LogP contribution >= 0.6 is 0 Å². The molecular weight excluding hydrogens is 880 g/mol. The van der Waals surface area contributed by atoms with Gasteiger partial charge in [-0.15, -0.1) is 0 Å². The summed E-state index contributed by atoms with van der Waals surface area (Å²) in [5.74, 6) is 0. The van der Waals surface area contributed by atoms with Gasteiger partial charge in [-0.2, -0.15) is 0 Å². The molecule has 310 valence electrons. The van der Waals surface area contributed by atoms with E-state index in [0.29, 0.717) is 0 Å². The minimum absolute atomic E-state index is 0. The SMILES string of the molecule is [Na+].[OH-].c1cc2cc3cc4cc5ccc6cc7cc8cc9cccc%10cc%11cc%12cc%13ccc%14cc%15cc%16cc(c1)c2c1c3c2c4c3c5c6c4c7c5c8c(c9%10)c%11c6c%12c7c%13c%14c8c%15c(c%161)c2c1c3c4c(c56)c7c81. The number of benzene rings is 25. The van der Waals surface area contributed by atoms with Gasteiger partial charge in [0.25, 0.3) is 0 Å². The van der Waals surface area contributed by atoms with Gasteiger partial charge in [-0.25, -0.2) is 0 Å². The molecule has 0 aliphatic heterocycles. The quantitative estimate of drug-likeness (QED) is 0.0847. The minimum Gasteiger partial charge on any atom is -0.870 e. The molecule has 0 fully saturated rings. The third-order valence-electron chi connectivity index (χ3n) is 20.3. The summed E-state index contributed by atoms with van der Waals surface area (Å²) in [5, 5.41) is 69.3. The van der Waals surface area contributed by atoms with E-state index in [-0.39, 0.29) is 35.0 Å². The monoisotopic (exact) mass is 902 g/mol. The van der Waals surface area contributed by atoms with Crippen molar-refractivity contribution < 1.29 is 35.0 Å². The number of hydrogen-bond acceptors (Lipinski definition) is 1. The smallest absolute Gasteiger partial charge is 0.870 e. The Balaban J connectivity index is 0.00000184. The molecule has 0 aliphatic rings. The van der Waals surface area contributed by atoms with Gasteiger partial charge in [0.05, 0.1) is 0 Å². The van der Waals surface area contributed by atoms with Gasteiger partial charge in [0.1, 0.15) is 0 Å². The van der Waals surface area contributed by atoms with Crippen molar-refractivity contribution in [1.82, 2.24) is 0 Å². The van der Waals surface area contributed by atoms with Crippen molar-refractivity contribution in [3.63, 3.8) is 0 Å². The summed E-state index contributed by atoms with van der Waals surface area (Å²) in [4.78, 5) is 0. The molecule has 0 amide bonds. The largest absolute Gasteiger partial charge is 1.00 e. The van der Waals surface area contributed by atoms with E-state index in [2.05, 4.69) is 133 Å².